The first-order valence-corrected chi connectivity index (χ1v) is 12.5. The summed E-state index contributed by atoms with van der Waals surface area (Å²) in [6, 6.07) is 13.8. The van der Waals surface area contributed by atoms with E-state index in [0.717, 1.165) is 22.8 Å². The summed E-state index contributed by atoms with van der Waals surface area (Å²) in [6.45, 7) is -0.434. The molecule has 3 aromatic carbocycles. The molecule has 2 N–H and O–H groups in total. The molecule has 206 valence electrons. The van der Waals surface area contributed by atoms with Crippen molar-refractivity contribution in [3.05, 3.63) is 54.1 Å². The Hall–Kier alpha value is -5.04. The van der Waals surface area contributed by atoms with Crippen molar-refractivity contribution in [2.24, 2.45) is 0 Å². The molecule has 0 atom stereocenters. The van der Waals surface area contributed by atoms with Gasteiger partial charge in [0.2, 0.25) is 5.88 Å². The molecule has 12 nitrogen and oxygen atoms in total. The van der Waals surface area contributed by atoms with Crippen molar-refractivity contribution in [1.82, 2.24) is 13.3 Å². The van der Waals surface area contributed by atoms with Gasteiger partial charge in [-0.2, -0.15) is 8.75 Å². The van der Waals surface area contributed by atoms with E-state index in [9.17, 15) is 19.8 Å². The molecule has 0 aliphatic heterocycles. The van der Waals surface area contributed by atoms with E-state index in [1.54, 1.807) is 28.8 Å². The molecule has 2 aromatic heterocycles. The van der Waals surface area contributed by atoms with Crippen LogP contribution in [-0.4, -0.2) is 63.6 Å². The third kappa shape index (κ3) is 5.01. The van der Waals surface area contributed by atoms with Gasteiger partial charge in [-0.1, -0.05) is 6.07 Å². The van der Waals surface area contributed by atoms with Crippen molar-refractivity contribution in [1.29, 1.82) is 0 Å². The number of aliphatic carboxylic acids is 1. The molecule has 2 heterocycles. The third-order valence-electron chi connectivity index (χ3n) is 6.17. The van der Waals surface area contributed by atoms with E-state index in [1.807, 2.05) is 18.2 Å². The van der Waals surface area contributed by atoms with Gasteiger partial charge >= 0.3 is 12.1 Å². The fourth-order valence-electron chi connectivity index (χ4n) is 4.46. The molecule has 0 bridgehead atoms. The summed E-state index contributed by atoms with van der Waals surface area (Å²) >= 11 is 1.10. The van der Waals surface area contributed by atoms with Gasteiger partial charge in [-0.3, -0.25) is 0 Å². The minimum atomic E-state index is -1.54. The lowest BCUT2D eigenvalue weighted by molar-refractivity contribution is -0.139. The molecule has 13 heteroatoms. The van der Waals surface area contributed by atoms with Crippen LogP contribution in [0.25, 0.3) is 33.1 Å². The molecule has 5 rings (SSSR count). The highest BCUT2D eigenvalue weighted by Crippen LogP contribution is 2.48. The van der Waals surface area contributed by atoms with E-state index in [4.69, 9.17) is 23.7 Å². The average molecular weight is 566 g/mol. The highest BCUT2D eigenvalue weighted by Gasteiger charge is 2.27. The van der Waals surface area contributed by atoms with Crippen LogP contribution in [0.3, 0.4) is 0 Å². The van der Waals surface area contributed by atoms with Crippen LogP contribution < -0.4 is 23.7 Å². The number of carbonyl (C=O) groups is 2. The van der Waals surface area contributed by atoms with Crippen LogP contribution in [0.5, 0.6) is 28.9 Å². The Morgan fingerprint density at radius 2 is 1.62 bits per heavy atom. The molecular weight excluding hydrogens is 542 g/mol. The molecule has 0 aliphatic carbocycles. The van der Waals surface area contributed by atoms with Gasteiger partial charge in [0.05, 0.1) is 50.7 Å². The number of fused-ring (bicyclic) bond motifs is 2. The molecular formula is C27H23N3O9S. The van der Waals surface area contributed by atoms with Crippen molar-refractivity contribution in [3.63, 3.8) is 0 Å². The largest absolute Gasteiger partial charge is 0.512 e. The zero-order valence-corrected chi connectivity index (χ0v) is 22.4. The Kier molecular flexibility index (Phi) is 7.29. The molecule has 0 unspecified atom stereocenters. The Labute approximate surface area is 231 Å². The number of carboxylic acid groups (broad SMARTS) is 2. The van der Waals surface area contributed by atoms with Gasteiger partial charge in [0.25, 0.3) is 0 Å². The second-order valence-corrected chi connectivity index (χ2v) is 9.02. The smallest absolute Gasteiger partial charge is 0.497 e. The number of rotatable bonds is 10. The number of carboxylic acids is 1. The van der Waals surface area contributed by atoms with Crippen molar-refractivity contribution in [2.75, 3.05) is 27.9 Å². The quantitative estimate of drug-likeness (QED) is 0.222. The number of nitrogens with zero attached hydrogens (tertiary/aromatic N) is 3. The lowest BCUT2D eigenvalue weighted by atomic mass is 10.0. The second-order valence-electron chi connectivity index (χ2n) is 8.49. The zero-order valence-electron chi connectivity index (χ0n) is 21.5. The number of benzene rings is 3. The molecule has 0 fully saturated rings. The highest BCUT2D eigenvalue weighted by molar-refractivity contribution is 7.00. The van der Waals surface area contributed by atoms with Gasteiger partial charge in [0.15, 0.2) is 18.1 Å². The van der Waals surface area contributed by atoms with Crippen LogP contribution in [-0.2, 0) is 11.3 Å². The Balaban J connectivity index is 1.82. The molecule has 0 radical (unpaired) electrons. The van der Waals surface area contributed by atoms with Crippen LogP contribution in [0.15, 0.2) is 48.5 Å². The van der Waals surface area contributed by atoms with E-state index in [0.29, 0.717) is 44.8 Å². The molecule has 0 amide bonds. The molecule has 40 heavy (non-hydrogen) atoms. The zero-order chi connectivity index (χ0) is 28.4. The lowest BCUT2D eigenvalue weighted by Gasteiger charge is -2.14. The SMILES string of the molecule is COc1ccc(-c2c(OC(=O)O)n(Cc3ccc4nsnc4c3)c3cc(OC)c(OC)cc23)c(OCC(=O)O)c1. The fraction of sp³-hybridized carbons (Fsp3) is 0.185. The van der Waals surface area contributed by atoms with E-state index in [1.165, 1.54) is 27.4 Å². The summed E-state index contributed by atoms with van der Waals surface area (Å²) in [5, 5.41) is 19.6. The van der Waals surface area contributed by atoms with Crippen LogP contribution in [0.1, 0.15) is 5.56 Å². The number of methoxy groups -OCH3 is 3. The highest BCUT2D eigenvalue weighted by atomic mass is 32.1. The fourth-order valence-corrected chi connectivity index (χ4v) is 4.98. The van der Waals surface area contributed by atoms with Crippen molar-refractivity contribution in [2.45, 2.75) is 6.54 Å². The van der Waals surface area contributed by atoms with Gasteiger partial charge in [-0.25, -0.2) is 9.59 Å². The molecule has 0 saturated heterocycles. The monoisotopic (exact) mass is 565 g/mol. The van der Waals surface area contributed by atoms with Crippen LogP contribution in [0, 0.1) is 0 Å². The number of ether oxygens (including phenoxy) is 5. The van der Waals surface area contributed by atoms with Crippen LogP contribution in [0.2, 0.25) is 0 Å². The second kappa shape index (κ2) is 11.0. The van der Waals surface area contributed by atoms with Crippen molar-refractivity contribution >= 4 is 45.8 Å². The Bertz CT molecular complexity index is 1740. The van der Waals surface area contributed by atoms with Gasteiger partial charge in [-0.05, 0) is 35.9 Å². The van der Waals surface area contributed by atoms with E-state index in [2.05, 4.69) is 8.75 Å². The summed E-state index contributed by atoms with van der Waals surface area (Å²) in [4.78, 5) is 23.3. The summed E-state index contributed by atoms with van der Waals surface area (Å²) < 4.78 is 37.6. The van der Waals surface area contributed by atoms with E-state index in [-0.39, 0.29) is 18.2 Å². The third-order valence-corrected chi connectivity index (χ3v) is 6.73. The summed E-state index contributed by atoms with van der Waals surface area (Å²) in [6.07, 6.45) is -1.54. The van der Waals surface area contributed by atoms with Crippen molar-refractivity contribution < 1.29 is 43.5 Å². The first kappa shape index (κ1) is 26.6. The summed E-state index contributed by atoms with van der Waals surface area (Å²) in [5.41, 5.74) is 3.56. The van der Waals surface area contributed by atoms with Gasteiger partial charge in [-0.15, -0.1) is 0 Å². The lowest BCUT2D eigenvalue weighted by Crippen LogP contribution is -2.11. The molecule has 0 saturated carbocycles. The van der Waals surface area contributed by atoms with Gasteiger partial charge in [0.1, 0.15) is 22.5 Å². The minimum absolute atomic E-state index is 0.0142. The maximum Gasteiger partial charge on any atom is 0.512 e. The average Bonchev–Trinajstić information content (AvgIpc) is 3.52. The standard InChI is InChI=1S/C27H23N3O9S/c1-35-15-5-6-16(21(9-15)38-13-24(31)32)25-17-10-22(36-2)23(37-3)11-20(17)30(26(25)39-27(33)34)12-14-4-7-18-19(8-14)29-40-28-18/h4-11H,12-13H2,1-3H3,(H,31,32)(H,33,34). The number of aromatic nitrogens is 3. The van der Waals surface area contributed by atoms with Crippen molar-refractivity contribution in [3.8, 4) is 40.0 Å². The predicted octanol–water partition coefficient (Wildman–Crippen LogP) is 4.91. The molecule has 0 spiro atoms. The summed E-state index contributed by atoms with van der Waals surface area (Å²) in [7, 11) is 4.45. The Morgan fingerprint density at radius 1 is 0.875 bits per heavy atom. The Morgan fingerprint density at radius 3 is 2.33 bits per heavy atom. The number of hydrogen-bond acceptors (Lipinski definition) is 10. The molecule has 5 aromatic rings. The number of hydrogen-bond donors (Lipinski definition) is 2. The van der Waals surface area contributed by atoms with E-state index >= 15 is 0 Å². The maximum atomic E-state index is 12.0. The maximum absolute atomic E-state index is 12.0. The predicted molar refractivity (Wildman–Crippen MR) is 145 cm³/mol. The first-order valence-electron chi connectivity index (χ1n) is 11.8. The van der Waals surface area contributed by atoms with Gasteiger partial charge < -0.3 is 38.5 Å². The normalized spacial score (nSPS) is 11.0. The topological polar surface area (TPSA) is 151 Å². The first-order chi connectivity index (χ1) is 19.3. The van der Waals surface area contributed by atoms with Gasteiger partial charge in [0, 0.05) is 23.1 Å². The van der Waals surface area contributed by atoms with E-state index < -0.39 is 18.7 Å². The molecule has 0 aliphatic rings. The van der Waals surface area contributed by atoms with Crippen LogP contribution >= 0.6 is 11.7 Å². The summed E-state index contributed by atoms with van der Waals surface area (Å²) in [5.74, 6) is 0.181. The van der Waals surface area contributed by atoms with Crippen LogP contribution in [0.4, 0.5) is 4.79 Å². The minimum Gasteiger partial charge on any atom is -0.497 e.